The second kappa shape index (κ2) is 9.07. The summed E-state index contributed by atoms with van der Waals surface area (Å²) in [5.74, 6) is -4.32. The van der Waals surface area contributed by atoms with E-state index in [1.54, 1.807) is 12.1 Å². The number of hydrogen-bond acceptors (Lipinski definition) is 3. The molecule has 2 rings (SSSR count). The van der Waals surface area contributed by atoms with Crippen molar-refractivity contribution >= 4 is 11.9 Å². The van der Waals surface area contributed by atoms with Gasteiger partial charge in [0.2, 0.25) is 0 Å². The predicted molar refractivity (Wildman–Crippen MR) is 91.4 cm³/mol. The molecular formula is C19H18F3NO4. The van der Waals surface area contributed by atoms with Gasteiger partial charge in [0.05, 0.1) is 11.5 Å². The zero-order valence-corrected chi connectivity index (χ0v) is 14.4. The number of carboxylic acid groups (broad SMARTS) is 1. The number of benzene rings is 2. The van der Waals surface area contributed by atoms with Crippen LogP contribution in [0.15, 0.2) is 42.5 Å². The Labute approximate surface area is 153 Å². The molecule has 1 atom stereocenters. The highest BCUT2D eigenvalue weighted by atomic mass is 19.3. The van der Waals surface area contributed by atoms with Gasteiger partial charge in [-0.25, -0.2) is 4.39 Å². The Balaban J connectivity index is 2.09. The minimum absolute atomic E-state index is 0.182. The Kier molecular flexibility index (Phi) is 6.81. The molecule has 1 unspecified atom stereocenters. The summed E-state index contributed by atoms with van der Waals surface area (Å²) in [6.45, 7) is -1.58. The van der Waals surface area contributed by atoms with Crippen LogP contribution < -0.4 is 10.1 Å². The number of halogens is 3. The van der Waals surface area contributed by atoms with Gasteiger partial charge < -0.3 is 15.2 Å². The minimum atomic E-state index is -3.23. The zero-order valence-electron chi connectivity index (χ0n) is 14.4. The van der Waals surface area contributed by atoms with Crippen LogP contribution in [0.5, 0.6) is 5.75 Å². The van der Waals surface area contributed by atoms with E-state index in [1.807, 2.05) is 19.1 Å². The molecule has 0 radical (unpaired) electrons. The van der Waals surface area contributed by atoms with Gasteiger partial charge in [-0.1, -0.05) is 29.8 Å². The molecule has 0 fully saturated rings. The fraction of sp³-hybridized carbons (Fsp3) is 0.263. The molecule has 2 aromatic rings. The number of ether oxygens (including phenoxy) is 1. The number of amides is 1. The van der Waals surface area contributed by atoms with Gasteiger partial charge >= 0.3 is 12.6 Å². The number of alkyl halides is 2. The number of nitrogens with one attached hydrogen (secondary N) is 1. The quantitative estimate of drug-likeness (QED) is 0.735. The van der Waals surface area contributed by atoms with E-state index < -0.39 is 36.0 Å². The average molecular weight is 381 g/mol. The van der Waals surface area contributed by atoms with Crippen molar-refractivity contribution in [2.24, 2.45) is 5.92 Å². The van der Waals surface area contributed by atoms with Gasteiger partial charge in [0.15, 0.2) is 0 Å². The molecule has 2 N–H and O–H groups in total. The van der Waals surface area contributed by atoms with Gasteiger partial charge in [0.25, 0.3) is 5.91 Å². The van der Waals surface area contributed by atoms with Gasteiger partial charge in [-0.2, -0.15) is 8.78 Å². The molecule has 0 aliphatic heterocycles. The first-order valence-corrected chi connectivity index (χ1v) is 8.07. The number of carbonyl (C=O) groups excluding carboxylic acids is 1. The number of carboxylic acids is 1. The second-order valence-corrected chi connectivity index (χ2v) is 5.96. The van der Waals surface area contributed by atoms with Gasteiger partial charge in [-0.15, -0.1) is 0 Å². The molecule has 27 heavy (non-hydrogen) atoms. The maximum absolute atomic E-state index is 13.2. The molecule has 0 heterocycles. The number of carbonyl (C=O) groups is 2. The summed E-state index contributed by atoms with van der Waals surface area (Å²) in [7, 11) is 0. The van der Waals surface area contributed by atoms with Gasteiger partial charge in [-0.05, 0) is 31.0 Å². The molecule has 0 bridgehead atoms. The molecule has 2 aromatic carbocycles. The highest BCUT2D eigenvalue weighted by Gasteiger charge is 2.22. The number of aliphatic carboxylic acids is 1. The van der Waals surface area contributed by atoms with Crippen LogP contribution >= 0.6 is 0 Å². The van der Waals surface area contributed by atoms with Crippen molar-refractivity contribution in [2.45, 2.75) is 20.0 Å². The molecule has 0 aromatic heterocycles. The molecular weight excluding hydrogens is 363 g/mol. The first-order valence-electron chi connectivity index (χ1n) is 8.07. The van der Waals surface area contributed by atoms with Crippen molar-refractivity contribution in [2.75, 3.05) is 6.54 Å². The molecule has 5 nitrogen and oxygen atoms in total. The topological polar surface area (TPSA) is 75.6 Å². The van der Waals surface area contributed by atoms with E-state index in [-0.39, 0.29) is 18.5 Å². The fourth-order valence-electron chi connectivity index (χ4n) is 2.56. The lowest BCUT2D eigenvalue weighted by Crippen LogP contribution is -2.34. The van der Waals surface area contributed by atoms with Crippen LogP contribution in [0.1, 0.15) is 21.5 Å². The van der Waals surface area contributed by atoms with Crippen molar-refractivity contribution in [1.29, 1.82) is 0 Å². The highest BCUT2D eigenvalue weighted by Crippen LogP contribution is 2.22. The zero-order chi connectivity index (χ0) is 20.0. The third kappa shape index (κ3) is 6.02. The van der Waals surface area contributed by atoms with Crippen LogP contribution in [-0.4, -0.2) is 30.1 Å². The van der Waals surface area contributed by atoms with Crippen molar-refractivity contribution in [1.82, 2.24) is 5.32 Å². The average Bonchev–Trinajstić information content (AvgIpc) is 2.57. The van der Waals surface area contributed by atoms with Crippen LogP contribution in [0, 0.1) is 18.7 Å². The molecule has 144 valence electrons. The molecule has 0 aliphatic rings. The van der Waals surface area contributed by atoms with E-state index in [9.17, 15) is 27.9 Å². The first-order chi connectivity index (χ1) is 12.8. The van der Waals surface area contributed by atoms with Gasteiger partial charge in [0.1, 0.15) is 11.6 Å². The molecule has 0 saturated heterocycles. The lowest BCUT2D eigenvalue weighted by atomic mass is 9.98. The van der Waals surface area contributed by atoms with Crippen LogP contribution in [0.25, 0.3) is 0 Å². The van der Waals surface area contributed by atoms with Crippen LogP contribution in [0.3, 0.4) is 0 Å². The Hall–Kier alpha value is -3.03. The van der Waals surface area contributed by atoms with Gasteiger partial charge in [-0.3, -0.25) is 9.59 Å². The second-order valence-electron chi connectivity index (χ2n) is 5.96. The summed E-state index contributed by atoms with van der Waals surface area (Å²) in [5, 5.41) is 11.8. The third-order valence-corrected chi connectivity index (χ3v) is 3.83. The lowest BCUT2D eigenvalue weighted by Gasteiger charge is -2.15. The van der Waals surface area contributed by atoms with Crippen LogP contribution in [0.2, 0.25) is 0 Å². The van der Waals surface area contributed by atoms with Crippen molar-refractivity contribution in [3.63, 3.8) is 0 Å². The highest BCUT2D eigenvalue weighted by molar-refractivity contribution is 5.97. The summed E-state index contributed by atoms with van der Waals surface area (Å²) >= 11 is 0. The maximum atomic E-state index is 13.2. The van der Waals surface area contributed by atoms with Crippen molar-refractivity contribution < 1.29 is 32.6 Å². The minimum Gasteiger partial charge on any atom is -0.481 e. The van der Waals surface area contributed by atoms with E-state index in [0.29, 0.717) is 6.07 Å². The van der Waals surface area contributed by atoms with E-state index in [2.05, 4.69) is 10.1 Å². The van der Waals surface area contributed by atoms with Crippen molar-refractivity contribution in [3.05, 3.63) is 65.0 Å². The first kappa shape index (κ1) is 20.3. The standard InChI is InChI=1S/C19H18F3NO4/c1-11-3-2-4-12(7-11)8-13(18(25)26)10-23-17(24)15-6-5-14(20)9-16(15)27-19(21)22/h2-7,9,13,19H,8,10H2,1H3,(H,23,24)(H,25,26). The van der Waals surface area contributed by atoms with E-state index in [1.165, 1.54) is 0 Å². The summed E-state index contributed by atoms with van der Waals surface area (Å²) in [5.41, 5.74) is 1.46. The van der Waals surface area contributed by atoms with E-state index >= 15 is 0 Å². The van der Waals surface area contributed by atoms with Crippen LogP contribution in [0.4, 0.5) is 13.2 Å². The summed E-state index contributed by atoms with van der Waals surface area (Å²) < 4.78 is 42.3. The fourth-order valence-corrected chi connectivity index (χ4v) is 2.56. The lowest BCUT2D eigenvalue weighted by molar-refractivity contribution is -0.141. The molecule has 8 heteroatoms. The largest absolute Gasteiger partial charge is 0.481 e. The normalized spacial score (nSPS) is 11.9. The van der Waals surface area contributed by atoms with Gasteiger partial charge in [0, 0.05) is 12.6 Å². The third-order valence-electron chi connectivity index (χ3n) is 3.83. The number of rotatable bonds is 8. The predicted octanol–water partition coefficient (Wildman–Crippen LogP) is 3.41. The molecule has 0 spiro atoms. The molecule has 0 saturated carbocycles. The van der Waals surface area contributed by atoms with Crippen molar-refractivity contribution in [3.8, 4) is 5.75 Å². The molecule has 0 aliphatic carbocycles. The van der Waals surface area contributed by atoms with E-state index in [0.717, 1.165) is 23.3 Å². The number of hydrogen-bond donors (Lipinski definition) is 2. The summed E-state index contributed by atoms with van der Waals surface area (Å²) in [6, 6.07) is 9.89. The SMILES string of the molecule is Cc1cccc(CC(CNC(=O)c2ccc(F)cc2OC(F)F)C(=O)O)c1. The Morgan fingerprint density at radius 2 is 1.93 bits per heavy atom. The molecule has 1 amide bonds. The maximum Gasteiger partial charge on any atom is 0.387 e. The summed E-state index contributed by atoms with van der Waals surface area (Å²) in [6.07, 6.45) is 0.182. The Bertz CT molecular complexity index is 826. The Morgan fingerprint density at radius 1 is 1.19 bits per heavy atom. The smallest absolute Gasteiger partial charge is 0.387 e. The summed E-state index contributed by atoms with van der Waals surface area (Å²) in [4.78, 5) is 23.7. The van der Waals surface area contributed by atoms with Crippen LogP contribution in [-0.2, 0) is 11.2 Å². The monoisotopic (exact) mass is 381 g/mol. The Morgan fingerprint density at radius 3 is 2.56 bits per heavy atom. The number of aryl methyl sites for hydroxylation is 1. The van der Waals surface area contributed by atoms with E-state index in [4.69, 9.17) is 0 Å².